The summed E-state index contributed by atoms with van der Waals surface area (Å²) in [6.07, 6.45) is 2.18. The van der Waals surface area contributed by atoms with E-state index in [2.05, 4.69) is 10.6 Å². The number of carbonyl (C=O) groups excluding carboxylic acids is 1. The van der Waals surface area contributed by atoms with Crippen molar-refractivity contribution < 1.29 is 4.79 Å². The number of anilines is 1. The Kier molecular flexibility index (Phi) is 3.56. The second-order valence-corrected chi connectivity index (χ2v) is 4.73. The molecule has 0 saturated heterocycles. The van der Waals surface area contributed by atoms with E-state index in [0.29, 0.717) is 16.1 Å². The van der Waals surface area contributed by atoms with E-state index in [1.54, 1.807) is 18.2 Å². The summed E-state index contributed by atoms with van der Waals surface area (Å²) in [7, 11) is 0. The zero-order valence-electron chi connectivity index (χ0n) is 8.59. The van der Waals surface area contributed by atoms with Crippen LogP contribution in [0, 0.1) is 0 Å². The van der Waals surface area contributed by atoms with Gasteiger partial charge in [0.05, 0.1) is 6.54 Å². The van der Waals surface area contributed by atoms with E-state index < -0.39 is 0 Å². The Morgan fingerprint density at radius 1 is 1.25 bits per heavy atom. The maximum atomic E-state index is 11.4. The largest absolute Gasteiger partial charge is 0.376 e. The molecule has 5 heteroatoms. The van der Waals surface area contributed by atoms with E-state index in [-0.39, 0.29) is 12.5 Å². The predicted molar refractivity (Wildman–Crippen MR) is 66.1 cm³/mol. The van der Waals surface area contributed by atoms with Crippen LogP contribution in [0.4, 0.5) is 5.69 Å². The fourth-order valence-corrected chi connectivity index (χ4v) is 1.87. The number of carbonyl (C=O) groups is 1. The van der Waals surface area contributed by atoms with Crippen molar-refractivity contribution in [2.75, 3.05) is 11.9 Å². The first kappa shape index (κ1) is 11.6. The molecular weight excluding hydrogens is 247 g/mol. The minimum Gasteiger partial charge on any atom is -0.376 e. The Hall–Kier alpha value is -0.930. The van der Waals surface area contributed by atoms with Crippen LogP contribution in [-0.4, -0.2) is 18.5 Å². The minimum absolute atomic E-state index is 0.00130. The number of hydrogen-bond acceptors (Lipinski definition) is 2. The van der Waals surface area contributed by atoms with Gasteiger partial charge in [-0.2, -0.15) is 0 Å². The van der Waals surface area contributed by atoms with Crippen molar-refractivity contribution in [3.63, 3.8) is 0 Å². The number of rotatable bonds is 4. The summed E-state index contributed by atoms with van der Waals surface area (Å²) in [4.78, 5) is 11.4. The van der Waals surface area contributed by atoms with Crippen LogP contribution in [0.1, 0.15) is 12.8 Å². The Labute approximate surface area is 104 Å². The molecule has 1 aromatic carbocycles. The molecule has 2 N–H and O–H groups in total. The molecule has 0 bridgehead atoms. The molecule has 0 heterocycles. The monoisotopic (exact) mass is 258 g/mol. The van der Waals surface area contributed by atoms with Crippen LogP contribution in [0.15, 0.2) is 18.2 Å². The van der Waals surface area contributed by atoms with Gasteiger partial charge >= 0.3 is 0 Å². The molecule has 0 unspecified atom stereocenters. The third-order valence-corrected chi connectivity index (χ3v) is 2.69. The Balaban J connectivity index is 1.85. The van der Waals surface area contributed by atoms with E-state index >= 15 is 0 Å². The molecule has 16 heavy (non-hydrogen) atoms. The number of nitrogens with one attached hydrogen (secondary N) is 2. The Bertz CT molecular complexity index is 385. The molecule has 0 aromatic heterocycles. The van der Waals surface area contributed by atoms with Gasteiger partial charge in [-0.15, -0.1) is 0 Å². The molecule has 1 aromatic rings. The lowest BCUT2D eigenvalue weighted by Gasteiger charge is -2.07. The molecule has 1 aliphatic rings. The van der Waals surface area contributed by atoms with Gasteiger partial charge in [0.25, 0.3) is 0 Å². The van der Waals surface area contributed by atoms with E-state index in [4.69, 9.17) is 23.2 Å². The smallest absolute Gasteiger partial charge is 0.239 e. The highest BCUT2D eigenvalue weighted by molar-refractivity contribution is 6.35. The van der Waals surface area contributed by atoms with Crippen LogP contribution in [0.5, 0.6) is 0 Å². The van der Waals surface area contributed by atoms with Crippen molar-refractivity contribution in [2.45, 2.75) is 18.9 Å². The van der Waals surface area contributed by atoms with Gasteiger partial charge in [-0.1, -0.05) is 23.2 Å². The molecule has 0 radical (unpaired) electrons. The van der Waals surface area contributed by atoms with Crippen LogP contribution in [0.3, 0.4) is 0 Å². The van der Waals surface area contributed by atoms with Gasteiger partial charge in [0.15, 0.2) is 0 Å². The third kappa shape index (κ3) is 3.58. The van der Waals surface area contributed by atoms with Crippen molar-refractivity contribution in [1.29, 1.82) is 0 Å². The van der Waals surface area contributed by atoms with Gasteiger partial charge in [0, 0.05) is 21.8 Å². The lowest BCUT2D eigenvalue weighted by Crippen LogP contribution is -2.31. The highest BCUT2D eigenvalue weighted by Gasteiger charge is 2.22. The predicted octanol–water partition coefficient (Wildman–Crippen LogP) is 2.68. The van der Waals surface area contributed by atoms with Gasteiger partial charge < -0.3 is 10.6 Å². The van der Waals surface area contributed by atoms with Crippen molar-refractivity contribution >= 4 is 34.8 Å². The number of hydrogen-bond donors (Lipinski definition) is 2. The summed E-state index contributed by atoms with van der Waals surface area (Å²) in [5.41, 5.74) is 0.753. The summed E-state index contributed by atoms with van der Waals surface area (Å²) >= 11 is 11.7. The van der Waals surface area contributed by atoms with Gasteiger partial charge in [0.2, 0.25) is 5.91 Å². The number of halogens is 2. The maximum Gasteiger partial charge on any atom is 0.239 e. The minimum atomic E-state index is -0.00130. The lowest BCUT2D eigenvalue weighted by atomic mass is 10.3. The van der Waals surface area contributed by atoms with Gasteiger partial charge in [-0.05, 0) is 31.0 Å². The number of amides is 1. The molecule has 1 aliphatic carbocycles. The second kappa shape index (κ2) is 4.93. The zero-order valence-corrected chi connectivity index (χ0v) is 10.1. The van der Waals surface area contributed by atoms with Crippen LogP contribution < -0.4 is 10.6 Å². The summed E-state index contributed by atoms with van der Waals surface area (Å²) in [6, 6.07) is 5.51. The van der Waals surface area contributed by atoms with Crippen molar-refractivity contribution in [3.05, 3.63) is 28.2 Å². The molecule has 1 saturated carbocycles. The molecule has 3 nitrogen and oxygen atoms in total. The first-order chi connectivity index (χ1) is 7.63. The van der Waals surface area contributed by atoms with E-state index in [0.717, 1.165) is 18.5 Å². The molecule has 2 rings (SSSR count). The first-order valence-electron chi connectivity index (χ1n) is 5.13. The highest BCUT2D eigenvalue weighted by atomic mass is 35.5. The average Bonchev–Trinajstić information content (AvgIpc) is 2.97. The van der Waals surface area contributed by atoms with Crippen LogP contribution in [0.2, 0.25) is 10.0 Å². The van der Waals surface area contributed by atoms with Crippen LogP contribution in [-0.2, 0) is 4.79 Å². The van der Waals surface area contributed by atoms with E-state index in [1.165, 1.54) is 0 Å². The summed E-state index contributed by atoms with van der Waals surface area (Å²) in [5, 5.41) is 6.97. The summed E-state index contributed by atoms with van der Waals surface area (Å²) in [5.74, 6) is -0.00130. The summed E-state index contributed by atoms with van der Waals surface area (Å²) in [6.45, 7) is 0.243. The topological polar surface area (TPSA) is 41.1 Å². The molecule has 86 valence electrons. The molecular formula is C11H12Cl2N2O. The third-order valence-electron chi connectivity index (χ3n) is 2.26. The molecule has 1 fully saturated rings. The van der Waals surface area contributed by atoms with E-state index in [9.17, 15) is 4.79 Å². The first-order valence-corrected chi connectivity index (χ1v) is 5.88. The van der Waals surface area contributed by atoms with Crippen LogP contribution >= 0.6 is 23.2 Å². The maximum absolute atomic E-state index is 11.4. The van der Waals surface area contributed by atoms with Crippen molar-refractivity contribution in [3.8, 4) is 0 Å². The van der Waals surface area contributed by atoms with Crippen LogP contribution in [0.25, 0.3) is 0 Å². The second-order valence-electron chi connectivity index (χ2n) is 3.85. The average molecular weight is 259 g/mol. The Morgan fingerprint density at radius 2 is 1.88 bits per heavy atom. The SMILES string of the molecule is O=C(CNc1cc(Cl)cc(Cl)c1)NC1CC1. The fraction of sp³-hybridized carbons (Fsp3) is 0.364. The molecule has 0 spiro atoms. The van der Waals surface area contributed by atoms with E-state index in [1.807, 2.05) is 0 Å². The zero-order chi connectivity index (χ0) is 11.5. The van der Waals surface area contributed by atoms with Gasteiger partial charge in [0.1, 0.15) is 0 Å². The fourth-order valence-electron chi connectivity index (χ4n) is 1.34. The van der Waals surface area contributed by atoms with Crippen molar-refractivity contribution in [2.24, 2.45) is 0 Å². The van der Waals surface area contributed by atoms with Gasteiger partial charge in [-0.25, -0.2) is 0 Å². The highest BCUT2D eigenvalue weighted by Crippen LogP contribution is 2.22. The molecule has 1 amide bonds. The molecule has 0 atom stereocenters. The Morgan fingerprint density at radius 3 is 2.44 bits per heavy atom. The standard InChI is InChI=1S/C11H12Cl2N2O/c12-7-3-8(13)5-10(4-7)14-6-11(16)15-9-1-2-9/h3-5,9,14H,1-2,6H2,(H,15,16). The number of benzene rings is 1. The molecule has 0 aliphatic heterocycles. The van der Waals surface area contributed by atoms with Gasteiger partial charge in [-0.3, -0.25) is 4.79 Å². The quantitative estimate of drug-likeness (QED) is 0.872. The normalized spacial score (nSPS) is 14.6. The van der Waals surface area contributed by atoms with Crippen molar-refractivity contribution in [1.82, 2.24) is 5.32 Å². The summed E-state index contributed by atoms with van der Waals surface area (Å²) < 4.78 is 0. The lowest BCUT2D eigenvalue weighted by molar-refractivity contribution is -0.119.